The van der Waals surface area contributed by atoms with Gasteiger partial charge in [-0.15, -0.1) is 0 Å². The lowest BCUT2D eigenvalue weighted by Crippen LogP contribution is -2.38. The first-order chi connectivity index (χ1) is 19.6. The fraction of sp³-hybridized carbons (Fsp3) is 0.250. The molecule has 42 heavy (non-hydrogen) atoms. The summed E-state index contributed by atoms with van der Waals surface area (Å²) in [6, 6.07) is 11.0. The first-order valence-corrected chi connectivity index (χ1v) is 14.0. The summed E-state index contributed by atoms with van der Waals surface area (Å²) in [6.07, 6.45) is -6.44. The number of halogens is 7. The molecule has 0 fully saturated rings. The number of fused-ring (bicyclic) bond motifs is 1. The van der Waals surface area contributed by atoms with Gasteiger partial charge in [0.15, 0.2) is 0 Å². The second-order valence-corrected chi connectivity index (χ2v) is 10.9. The van der Waals surface area contributed by atoms with E-state index < -0.39 is 38.4 Å². The topological polar surface area (TPSA) is 72.9 Å². The highest BCUT2D eigenvalue weighted by atomic mass is 35.5. The number of carbonyl (C=O) groups is 1. The standard InChI is InChI=1S/C24H16ClF6NO3S.C4H8O2/c25-20-6-2-5-19(24(29,30)31)18(20)9-7-15-8-10-22-21(13-15)32(11-12-35-22)36(33,34)17-4-1-3-16(14-17)23(26,27)28;1-3-4(5)6-2/h1-10,13-14H,11-12H2;3H2,1-2H3/b9-7+;. The van der Waals surface area contributed by atoms with Gasteiger partial charge in [-0.25, -0.2) is 8.42 Å². The number of ether oxygens (including phenoxy) is 2. The summed E-state index contributed by atoms with van der Waals surface area (Å²) in [5.74, 6) is -0.00215. The van der Waals surface area contributed by atoms with E-state index in [0.29, 0.717) is 18.1 Å². The molecule has 226 valence electrons. The summed E-state index contributed by atoms with van der Waals surface area (Å²) in [7, 11) is -3.03. The van der Waals surface area contributed by atoms with Crippen molar-refractivity contribution in [2.45, 2.75) is 30.6 Å². The van der Waals surface area contributed by atoms with Crippen molar-refractivity contribution in [3.05, 3.63) is 87.9 Å². The molecule has 0 N–H and O–H groups in total. The monoisotopic (exact) mass is 635 g/mol. The van der Waals surface area contributed by atoms with Crippen molar-refractivity contribution >= 4 is 45.4 Å². The van der Waals surface area contributed by atoms with E-state index in [0.717, 1.165) is 34.6 Å². The highest BCUT2D eigenvalue weighted by molar-refractivity contribution is 7.92. The molecule has 0 saturated carbocycles. The van der Waals surface area contributed by atoms with Crippen LogP contribution in [0.5, 0.6) is 5.75 Å². The molecule has 4 rings (SSSR count). The van der Waals surface area contributed by atoms with Gasteiger partial charge in [0.25, 0.3) is 10.0 Å². The zero-order valence-corrected chi connectivity index (χ0v) is 23.7. The number of rotatable bonds is 5. The number of esters is 1. The molecule has 0 bridgehead atoms. The van der Waals surface area contributed by atoms with Crippen molar-refractivity contribution < 1.29 is 49.0 Å². The maximum Gasteiger partial charge on any atom is 0.417 e. The maximum atomic E-state index is 13.4. The molecule has 3 aromatic carbocycles. The quantitative estimate of drug-likeness (QED) is 0.163. The lowest BCUT2D eigenvalue weighted by atomic mass is 10.0. The van der Waals surface area contributed by atoms with Crippen molar-refractivity contribution in [3.63, 3.8) is 0 Å². The Morgan fingerprint density at radius 2 is 1.69 bits per heavy atom. The Labute approximate surface area is 243 Å². The van der Waals surface area contributed by atoms with Crippen LogP contribution in [-0.4, -0.2) is 34.6 Å². The third kappa shape index (κ3) is 7.77. The number of hydrogen-bond acceptors (Lipinski definition) is 5. The minimum Gasteiger partial charge on any atom is -0.489 e. The fourth-order valence-corrected chi connectivity index (χ4v) is 5.54. The zero-order chi connectivity index (χ0) is 31.3. The van der Waals surface area contributed by atoms with Crippen LogP contribution in [0.3, 0.4) is 0 Å². The van der Waals surface area contributed by atoms with Crippen LogP contribution in [0, 0.1) is 0 Å². The highest BCUT2D eigenvalue weighted by Gasteiger charge is 2.35. The molecular formula is C28H24ClF6NO5S. The van der Waals surface area contributed by atoms with Crippen LogP contribution < -0.4 is 9.04 Å². The van der Waals surface area contributed by atoms with Gasteiger partial charge in [-0.05, 0) is 48.0 Å². The molecule has 14 heteroatoms. The Hall–Kier alpha value is -3.71. The summed E-state index contributed by atoms with van der Waals surface area (Å²) < 4.78 is 117. The van der Waals surface area contributed by atoms with Gasteiger partial charge in [0.2, 0.25) is 0 Å². The van der Waals surface area contributed by atoms with E-state index in [1.54, 1.807) is 6.92 Å². The first kappa shape index (κ1) is 32.8. The Kier molecular flexibility index (Phi) is 10.2. The predicted molar refractivity (Wildman–Crippen MR) is 146 cm³/mol. The van der Waals surface area contributed by atoms with Gasteiger partial charge in [-0.2, -0.15) is 26.3 Å². The number of benzene rings is 3. The second-order valence-electron chi connectivity index (χ2n) is 8.64. The largest absolute Gasteiger partial charge is 0.489 e. The Morgan fingerprint density at radius 3 is 2.29 bits per heavy atom. The smallest absolute Gasteiger partial charge is 0.417 e. The van der Waals surface area contributed by atoms with Gasteiger partial charge in [0.1, 0.15) is 12.4 Å². The van der Waals surface area contributed by atoms with Gasteiger partial charge in [0.05, 0.1) is 35.4 Å². The Bertz CT molecular complexity index is 1570. The van der Waals surface area contributed by atoms with Crippen LogP contribution in [0.1, 0.15) is 35.6 Å². The first-order valence-electron chi connectivity index (χ1n) is 12.2. The predicted octanol–water partition coefficient (Wildman–Crippen LogP) is 7.71. The van der Waals surface area contributed by atoms with Crippen LogP contribution >= 0.6 is 11.6 Å². The zero-order valence-electron chi connectivity index (χ0n) is 22.1. The van der Waals surface area contributed by atoms with Gasteiger partial charge >= 0.3 is 18.3 Å². The SMILES string of the molecule is CCC(=O)OC.O=S(=O)(c1cccc(C(F)(F)F)c1)N1CCOc2ccc(/C=C/c3c(Cl)cccc3C(F)(F)F)cc21. The van der Waals surface area contributed by atoms with Gasteiger partial charge in [-0.3, -0.25) is 9.10 Å². The Balaban J connectivity index is 0.000000730. The van der Waals surface area contributed by atoms with Crippen LogP contribution in [0.4, 0.5) is 32.0 Å². The molecule has 0 saturated heterocycles. The number of hydrogen-bond donors (Lipinski definition) is 0. The minimum atomic E-state index is -4.74. The minimum absolute atomic E-state index is 0.0380. The fourth-order valence-electron chi connectivity index (χ4n) is 3.80. The number of sulfonamides is 1. The summed E-state index contributed by atoms with van der Waals surface area (Å²) >= 11 is 5.97. The average Bonchev–Trinajstić information content (AvgIpc) is 2.95. The van der Waals surface area contributed by atoms with Crippen LogP contribution in [0.2, 0.25) is 5.02 Å². The van der Waals surface area contributed by atoms with E-state index in [1.807, 2.05) is 0 Å². The summed E-state index contributed by atoms with van der Waals surface area (Å²) in [5.41, 5.74) is -1.98. The summed E-state index contributed by atoms with van der Waals surface area (Å²) in [6.45, 7) is 1.53. The third-order valence-corrected chi connectivity index (χ3v) is 8.01. The van der Waals surface area contributed by atoms with Crippen molar-refractivity contribution in [3.8, 4) is 5.75 Å². The average molecular weight is 636 g/mol. The number of anilines is 1. The van der Waals surface area contributed by atoms with E-state index in [9.17, 15) is 39.6 Å². The third-order valence-electron chi connectivity index (χ3n) is 5.87. The number of alkyl halides is 6. The maximum absolute atomic E-state index is 13.4. The van der Waals surface area contributed by atoms with E-state index in [2.05, 4.69) is 4.74 Å². The molecule has 1 heterocycles. The normalized spacial score (nSPS) is 13.6. The van der Waals surface area contributed by atoms with Crippen LogP contribution in [-0.2, 0) is 31.9 Å². The molecule has 0 aliphatic carbocycles. The number of carbonyl (C=O) groups excluding carboxylic acids is 1. The van der Waals surface area contributed by atoms with Gasteiger partial charge in [-0.1, -0.05) is 48.9 Å². The van der Waals surface area contributed by atoms with Crippen molar-refractivity contribution in [2.75, 3.05) is 24.6 Å². The number of nitrogens with zero attached hydrogens (tertiary/aromatic N) is 1. The molecule has 1 aliphatic heterocycles. The summed E-state index contributed by atoms with van der Waals surface area (Å²) in [5, 5.41) is -0.129. The van der Waals surface area contributed by atoms with Gasteiger partial charge in [0, 0.05) is 17.0 Å². The molecule has 6 nitrogen and oxygen atoms in total. The van der Waals surface area contributed by atoms with E-state index in [1.165, 1.54) is 43.5 Å². The molecule has 0 unspecified atom stereocenters. The molecule has 1 aliphatic rings. The van der Waals surface area contributed by atoms with Crippen molar-refractivity contribution in [2.24, 2.45) is 0 Å². The molecule has 0 spiro atoms. The molecular weight excluding hydrogens is 612 g/mol. The van der Waals surface area contributed by atoms with Crippen molar-refractivity contribution in [1.82, 2.24) is 0 Å². The molecule has 3 aromatic rings. The van der Waals surface area contributed by atoms with E-state index in [4.69, 9.17) is 16.3 Å². The number of methoxy groups -OCH3 is 1. The summed E-state index contributed by atoms with van der Waals surface area (Å²) in [4.78, 5) is 9.40. The lowest BCUT2D eigenvalue weighted by Gasteiger charge is -2.31. The second kappa shape index (κ2) is 13.1. The van der Waals surface area contributed by atoms with Crippen LogP contribution in [0.15, 0.2) is 65.6 Å². The lowest BCUT2D eigenvalue weighted by molar-refractivity contribution is -0.140. The molecule has 0 atom stereocenters. The van der Waals surface area contributed by atoms with Gasteiger partial charge < -0.3 is 9.47 Å². The molecule has 0 amide bonds. The molecule has 0 aromatic heterocycles. The Morgan fingerprint density at radius 1 is 1.00 bits per heavy atom. The van der Waals surface area contributed by atoms with Crippen molar-refractivity contribution in [1.29, 1.82) is 0 Å². The van der Waals surface area contributed by atoms with E-state index in [-0.39, 0.29) is 41.1 Å². The highest BCUT2D eigenvalue weighted by Crippen LogP contribution is 2.39. The van der Waals surface area contributed by atoms with E-state index >= 15 is 0 Å². The molecule has 0 radical (unpaired) electrons. The van der Waals surface area contributed by atoms with Crippen LogP contribution in [0.25, 0.3) is 12.2 Å².